The summed E-state index contributed by atoms with van der Waals surface area (Å²) in [5.74, 6) is 0.0403. The van der Waals surface area contributed by atoms with Crippen molar-refractivity contribution < 1.29 is 19.1 Å². The lowest BCUT2D eigenvalue weighted by atomic mass is 10.2. The van der Waals surface area contributed by atoms with Crippen molar-refractivity contribution in [2.75, 3.05) is 36.3 Å². The Kier molecular flexibility index (Phi) is 7.57. The van der Waals surface area contributed by atoms with Gasteiger partial charge in [0.15, 0.2) is 28.3 Å². The van der Waals surface area contributed by atoms with Gasteiger partial charge in [-0.1, -0.05) is 11.8 Å². The number of methoxy groups -OCH3 is 2. The van der Waals surface area contributed by atoms with Crippen molar-refractivity contribution in [3.05, 3.63) is 43.9 Å². The van der Waals surface area contributed by atoms with Gasteiger partial charge in [-0.15, -0.1) is 0 Å². The molecule has 0 fully saturated rings. The van der Waals surface area contributed by atoms with Crippen LogP contribution in [0, 0.1) is 3.70 Å². The lowest BCUT2D eigenvalue weighted by Gasteiger charge is -2.11. The van der Waals surface area contributed by atoms with Gasteiger partial charge in [0.05, 0.1) is 23.7 Å². The van der Waals surface area contributed by atoms with Crippen molar-refractivity contribution in [1.29, 1.82) is 0 Å². The Morgan fingerprint density at radius 2 is 1.94 bits per heavy atom. The number of carbonyl (C=O) groups excluding carboxylic acids is 2. The maximum absolute atomic E-state index is 12.6. The molecule has 2 amide bonds. The molecule has 32 heavy (non-hydrogen) atoms. The normalized spacial score (nSPS) is 10.5. The van der Waals surface area contributed by atoms with Gasteiger partial charge in [0.1, 0.15) is 5.69 Å². The highest BCUT2D eigenvalue weighted by Crippen LogP contribution is 2.28. The number of amides is 2. The van der Waals surface area contributed by atoms with Gasteiger partial charge in [-0.25, -0.2) is 4.98 Å². The highest BCUT2D eigenvalue weighted by Gasteiger charge is 2.16. The van der Waals surface area contributed by atoms with Gasteiger partial charge in [-0.2, -0.15) is 5.10 Å². The molecule has 12 nitrogen and oxygen atoms in total. The Hall–Kier alpha value is -3.27. The first-order chi connectivity index (χ1) is 15.3. The van der Waals surface area contributed by atoms with Crippen LogP contribution in [-0.4, -0.2) is 52.0 Å². The Balaban J connectivity index is 1.67. The van der Waals surface area contributed by atoms with Gasteiger partial charge in [0, 0.05) is 11.6 Å². The van der Waals surface area contributed by atoms with E-state index < -0.39 is 11.5 Å². The molecule has 0 unspecified atom stereocenters. The van der Waals surface area contributed by atoms with E-state index in [1.165, 1.54) is 26.4 Å². The first-order valence-electron chi connectivity index (χ1n) is 8.87. The summed E-state index contributed by atoms with van der Waals surface area (Å²) < 4.78 is 11.1. The van der Waals surface area contributed by atoms with Crippen molar-refractivity contribution in [2.24, 2.45) is 0 Å². The topological polar surface area (TPSA) is 177 Å². The predicted octanol–water partition coefficient (Wildman–Crippen LogP) is 1.68. The fraction of sp³-hybridized carbons (Fsp3) is 0.167. The highest BCUT2D eigenvalue weighted by atomic mass is 127. The van der Waals surface area contributed by atoms with Crippen molar-refractivity contribution in [3.63, 3.8) is 0 Å². The maximum atomic E-state index is 12.6. The average Bonchev–Trinajstić information content (AvgIpc) is 3.18. The van der Waals surface area contributed by atoms with Crippen LogP contribution in [-0.2, 0) is 4.79 Å². The predicted molar refractivity (Wildman–Crippen MR) is 127 cm³/mol. The van der Waals surface area contributed by atoms with E-state index in [0.29, 0.717) is 17.3 Å². The number of ether oxygens (including phenoxy) is 2. The number of aromatic nitrogens is 4. The number of H-pyrrole nitrogens is 2. The summed E-state index contributed by atoms with van der Waals surface area (Å²) >= 11 is 3.00. The van der Waals surface area contributed by atoms with E-state index in [9.17, 15) is 14.4 Å². The fourth-order valence-electron chi connectivity index (χ4n) is 2.50. The first-order valence-corrected chi connectivity index (χ1v) is 10.9. The van der Waals surface area contributed by atoms with Crippen LogP contribution in [0.4, 0.5) is 17.3 Å². The summed E-state index contributed by atoms with van der Waals surface area (Å²) in [7, 11) is 2.92. The number of benzene rings is 1. The number of anilines is 3. The van der Waals surface area contributed by atoms with Crippen LogP contribution in [0.15, 0.2) is 34.2 Å². The summed E-state index contributed by atoms with van der Waals surface area (Å²) in [4.78, 5) is 43.5. The minimum absolute atomic E-state index is 0.0385. The Morgan fingerprint density at radius 3 is 2.56 bits per heavy atom. The molecule has 14 heteroatoms. The Labute approximate surface area is 199 Å². The van der Waals surface area contributed by atoms with Crippen LogP contribution in [0.2, 0.25) is 0 Å². The van der Waals surface area contributed by atoms with Crippen molar-refractivity contribution >= 4 is 63.5 Å². The fourth-order valence-corrected chi connectivity index (χ4v) is 3.58. The number of hydrogen-bond acceptors (Lipinski definition) is 9. The summed E-state index contributed by atoms with van der Waals surface area (Å²) in [5, 5.41) is 11.8. The average molecular weight is 571 g/mol. The number of nitrogens with zero attached hydrogens (tertiary/aromatic N) is 2. The molecule has 0 atom stereocenters. The molecule has 0 aliphatic carbocycles. The molecular formula is C18H18IN7O5S. The van der Waals surface area contributed by atoms with Crippen molar-refractivity contribution in [1.82, 2.24) is 20.2 Å². The third-order valence-electron chi connectivity index (χ3n) is 3.96. The van der Waals surface area contributed by atoms with Crippen LogP contribution < -0.4 is 31.4 Å². The molecule has 0 saturated carbocycles. The van der Waals surface area contributed by atoms with Gasteiger partial charge in [-0.05, 0) is 40.8 Å². The van der Waals surface area contributed by atoms with Crippen LogP contribution in [0.5, 0.6) is 11.5 Å². The van der Waals surface area contributed by atoms with Gasteiger partial charge in [0.2, 0.25) is 5.91 Å². The quantitative estimate of drug-likeness (QED) is 0.153. The molecule has 2 heterocycles. The van der Waals surface area contributed by atoms with Gasteiger partial charge in [-0.3, -0.25) is 24.5 Å². The largest absolute Gasteiger partial charge is 0.493 e. The molecule has 168 valence electrons. The Bertz CT molecular complexity index is 1210. The third kappa shape index (κ3) is 5.70. The van der Waals surface area contributed by atoms with E-state index in [4.69, 9.17) is 15.2 Å². The molecule has 0 bridgehead atoms. The van der Waals surface area contributed by atoms with Gasteiger partial charge < -0.3 is 25.8 Å². The van der Waals surface area contributed by atoms with E-state index in [2.05, 4.69) is 30.8 Å². The van der Waals surface area contributed by atoms with Crippen LogP contribution in [0.1, 0.15) is 10.4 Å². The zero-order valence-corrected chi connectivity index (χ0v) is 19.8. The summed E-state index contributed by atoms with van der Waals surface area (Å²) in [6.45, 7) is 0. The number of aromatic amines is 2. The number of halogens is 1. The minimum atomic E-state index is -0.656. The second-order valence-electron chi connectivity index (χ2n) is 6.09. The van der Waals surface area contributed by atoms with E-state index in [1.54, 1.807) is 12.1 Å². The number of hydrogen-bond donors (Lipinski definition) is 5. The first kappa shape index (κ1) is 23.4. The number of nitrogen functional groups attached to an aromatic ring is 1. The summed E-state index contributed by atoms with van der Waals surface area (Å²) in [6.07, 6.45) is 0. The molecule has 0 spiro atoms. The SMILES string of the molecule is COc1ccc(C(=O)Nc2c(N)nc(SCC(=O)Nc3cc(I)[nH]n3)[nH]c2=O)cc1OC. The molecule has 3 aromatic rings. The minimum Gasteiger partial charge on any atom is -0.493 e. The van der Waals surface area contributed by atoms with E-state index in [0.717, 1.165) is 15.5 Å². The smallest absolute Gasteiger partial charge is 0.277 e. The monoisotopic (exact) mass is 571 g/mol. The lowest BCUT2D eigenvalue weighted by Crippen LogP contribution is -2.23. The van der Waals surface area contributed by atoms with E-state index in [-0.39, 0.29) is 33.9 Å². The zero-order chi connectivity index (χ0) is 23.3. The molecule has 0 saturated heterocycles. The summed E-state index contributed by atoms with van der Waals surface area (Å²) in [6, 6.07) is 6.21. The number of nitrogens with one attached hydrogen (secondary N) is 4. The molecule has 2 aromatic heterocycles. The Morgan fingerprint density at radius 1 is 1.19 bits per heavy atom. The molecule has 1 aromatic carbocycles. The number of thioether (sulfide) groups is 1. The van der Waals surface area contributed by atoms with Crippen molar-refractivity contribution in [2.45, 2.75) is 5.16 Å². The van der Waals surface area contributed by atoms with Gasteiger partial charge in [0.25, 0.3) is 11.5 Å². The van der Waals surface area contributed by atoms with E-state index in [1.807, 2.05) is 22.6 Å². The lowest BCUT2D eigenvalue weighted by molar-refractivity contribution is -0.113. The number of nitrogens with two attached hydrogens (primary N) is 1. The standard InChI is InChI=1S/C18H18IN7O5S/c1-30-9-4-3-8(5-10(9)31-2)16(28)22-14-15(20)23-18(24-17(14)29)32-7-13(27)21-12-6-11(19)25-26-12/h3-6H,7H2,1-2H3,(H,22,28)(H3,20,23,24,29)(H2,21,25,26,27). The molecule has 0 radical (unpaired) electrons. The second-order valence-corrected chi connectivity index (χ2v) is 8.22. The van der Waals surface area contributed by atoms with Crippen LogP contribution in [0.3, 0.4) is 0 Å². The molecule has 3 rings (SSSR count). The zero-order valence-electron chi connectivity index (χ0n) is 16.8. The van der Waals surface area contributed by atoms with Gasteiger partial charge >= 0.3 is 0 Å². The third-order valence-corrected chi connectivity index (χ3v) is 5.39. The number of carbonyl (C=O) groups is 2. The molecule has 6 N–H and O–H groups in total. The highest BCUT2D eigenvalue weighted by molar-refractivity contribution is 14.1. The van der Waals surface area contributed by atoms with E-state index >= 15 is 0 Å². The molecular weight excluding hydrogens is 553 g/mol. The van der Waals surface area contributed by atoms with Crippen molar-refractivity contribution in [3.8, 4) is 11.5 Å². The molecule has 0 aliphatic heterocycles. The summed E-state index contributed by atoms with van der Waals surface area (Å²) in [5.41, 5.74) is 5.23. The molecule has 0 aliphatic rings. The van der Waals surface area contributed by atoms with Crippen LogP contribution in [0.25, 0.3) is 0 Å². The maximum Gasteiger partial charge on any atom is 0.277 e. The van der Waals surface area contributed by atoms with Crippen LogP contribution >= 0.6 is 34.4 Å². The second kappa shape index (κ2) is 10.4. The number of rotatable bonds is 8.